The summed E-state index contributed by atoms with van der Waals surface area (Å²) < 4.78 is 0. The highest BCUT2D eigenvalue weighted by Crippen LogP contribution is 2.55. The number of likely N-dealkylation sites (N-methyl/N-ethyl adjacent to an activating group) is 1. The van der Waals surface area contributed by atoms with E-state index in [1.54, 1.807) is 38.2 Å². The van der Waals surface area contributed by atoms with E-state index in [4.69, 9.17) is 17.2 Å². The van der Waals surface area contributed by atoms with Crippen LogP contribution in [0.2, 0.25) is 0 Å². The van der Waals surface area contributed by atoms with E-state index in [1.807, 2.05) is 45.2 Å². The van der Waals surface area contributed by atoms with Crippen LogP contribution in [0.1, 0.15) is 103 Å². The summed E-state index contributed by atoms with van der Waals surface area (Å²) in [5.41, 5.74) is 19.4. The molecule has 5 aliphatic carbocycles. The highest BCUT2D eigenvalue weighted by Gasteiger charge is 2.60. The molecule has 5 amide bonds. The Bertz CT molecular complexity index is 3540. The number of guanidine groups is 3. The van der Waals surface area contributed by atoms with Gasteiger partial charge in [0, 0.05) is 86.6 Å². The van der Waals surface area contributed by atoms with Crippen LogP contribution >= 0.6 is 0 Å². The minimum Gasteiger partial charge on any atom is -0.392 e. The lowest BCUT2D eigenvalue weighted by Gasteiger charge is -2.38. The lowest BCUT2D eigenvalue weighted by molar-refractivity contribution is -0.129. The van der Waals surface area contributed by atoms with E-state index >= 15 is 0 Å². The molecule has 0 saturated heterocycles. The highest BCUT2D eigenvalue weighted by molar-refractivity contribution is 6.03. The van der Waals surface area contributed by atoms with E-state index in [0.717, 1.165) is 29.6 Å². The first kappa shape index (κ1) is 73.3. The molecule has 33 nitrogen and oxygen atoms in total. The van der Waals surface area contributed by atoms with Gasteiger partial charge in [-0.15, -0.1) is 0 Å². The Hall–Kier alpha value is -7.92. The van der Waals surface area contributed by atoms with Gasteiger partial charge >= 0.3 is 0 Å². The van der Waals surface area contributed by atoms with Crippen LogP contribution in [0.5, 0.6) is 0 Å². The molecular weight excluding hydrogens is 1290 g/mol. The Balaban J connectivity index is 0.000000128. The Morgan fingerprint density at radius 1 is 0.480 bits per heavy atom. The number of nitrogens with two attached hydrogens (primary N) is 3. The van der Waals surface area contributed by atoms with E-state index in [0.29, 0.717) is 43.4 Å². The smallest absolute Gasteiger partial charge is 0.256 e. The van der Waals surface area contributed by atoms with Crippen LogP contribution in [-0.4, -0.2) is 275 Å². The zero-order valence-corrected chi connectivity index (χ0v) is 59.8. The van der Waals surface area contributed by atoms with Gasteiger partial charge < -0.3 is 93.4 Å². The number of fused-ring (bicyclic) bond motifs is 7. The number of amides is 5. The fourth-order valence-corrected chi connectivity index (χ4v) is 15.7. The molecule has 10 heterocycles. The summed E-state index contributed by atoms with van der Waals surface area (Å²) >= 11 is 0. The first-order valence-electron chi connectivity index (χ1n) is 34.6. The molecule has 10 aliphatic heterocycles. The first-order chi connectivity index (χ1) is 46.7. The van der Waals surface area contributed by atoms with E-state index in [2.05, 4.69) is 167 Å². The number of rotatable bonds is 9. The number of nitrogens with zero attached hydrogens (tertiary/aromatic N) is 13. The molecule has 0 aromatic heterocycles. The van der Waals surface area contributed by atoms with Crippen LogP contribution < -0.4 is 54.4 Å². The summed E-state index contributed by atoms with van der Waals surface area (Å²) in [6, 6.07) is -0.865. The summed E-state index contributed by atoms with van der Waals surface area (Å²) in [7, 11) is 3.62. The van der Waals surface area contributed by atoms with Crippen molar-refractivity contribution in [3.8, 4) is 0 Å². The van der Waals surface area contributed by atoms with Gasteiger partial charge in [0.25, 0.3) is 11.8 Å². The number of nitrogens with one attached hydrogen (secondary N) is 7. The standard InChI is InChI=1S/C17H27N5O3.C16H25N5O3.C15H23N5O2.C10H16N4O.C9H14N4O/c1-17(2,3)22-6-7(10-14(22)20-16(18)21-15(10)25)5-19-11-8-4-9(8)12(23)13(11)24;1-16(2,3)21-7-8(6-18-9-4-5-10(22)12(9)23)11-13(21)19-15(17)20-14(11)24;1-6-11(8-3-9(8)12(6)21)17-4-7-5-20(2)13-10(7)14(22)19-15(16)18-13;1-10(2,3)14-6-11-7-8(14)12-5-13(4)9(7)15;1-9(2,3)13-5-12-6-7(13)10-4-11-8(6)14/h6,8-14,19,23-24H,4-5H2,1-3H3,(H3,18,20,21,25);4-5,7,9-13,18,22-23H,6H2,1-3H3,(H3,17,19,20,24);5-6,8-13,17,21H,3-4H2,1-2H3,(H3,16,18,19,22);5-8H,1-4H3;4-7H,1-3H3,(H,10,11,14). The molecule has 0 bridgehead atoms. The first-order valence-corrected chi connectivity index (χ1v) is 34.6. The van der Waals surface area contributed by atoms with Gasteiger partial charge in [-0.1, -0.05) is 19.1 Å². The summed E-state index contributed by atoms with van der Waals surface area (Å²) in [5, 5.41) is 70.2. The van der Waals surface area contributed by atoms with Gasteiger partial charge in [0.05, 0.1) is 55.8 Å². The average Bonchev–Trinajstić information content (AvgIpc) is 1.59. The van der Waals surface area contributed by atoms with Crippen molar-refractivity contribution < 1.29 is 49.5 Å². The molecule has 4 fully saturated rings. The largest absolute Gasteiger partial charge is 0.392 e. The Morgan fingerprint density at radius 3 is 1.38 bits per heavy atom. The molecular formula is C67H105N23O10. The molecule has 23 atom stereocenters. The fraction of sp³-hybridized carbons (Fsp3) is 0.701. The van der Waals surface area contributed by atoms with Gasteiger partial charge in [-0.25, -0.2) is 25.0 Å². The van der Waals surface area contributed by atoms with Crippen LogP contribution in [0.25, 0.3) is 0 Å². The molecule has 0 aromatic carbocycles. The van der Waals surface area contributed by atoms with Crippen LogP contribution in [-0.2, 0) is 24.0 Å². The monoisotopic (exact) mass is 1390 g/mol. The quantitative estimate of drug-likeness (QED) is 0.0993. The molecule has 15 rings (SSSR count). The van der Waals surface area contributed by atoms with Crippen molar-refractivity contribution in [2.24, 2.45) is 99.5 Å². The third kappa shape index (κ3) is 14.6. The van der Waals surface area contributed by atoms with E-state index in [-0.39, 0.29) is 148 Å². The molecule has 23 unspecified atom stereocenters. The van der Waals surface area contributed by atoms with Crippen molar-refractivity contribution in [1.82, 2.24) is 66.6 Å². The molecule has 4 saturated carbocycles. The number of aliphatic imine (C=N–C) groups is 7. The zero-order valence-electron chi connectivity index (χ0n) is 59.8. The normalized spacial score (nSPS) is 38.0. The maximum absolute atomic E-state index is 12.5. The molecule has 100 heavy (non-hydrogen) atoms. The molecule has 0 radical (unpaired) electrons. The van der Waals surface area contributed by atoms with E-state index < -0.39 is 36.3 Å². The lowest BCUT2D eigenvalue weighted by Crippen LogP contribution is -2.54. The second kappa shape index (κ2) is 27.5. The molecule has 15 aliphatic rings. The molecule has 0 aromatic rings. The van der Waals surface area contributed by atoms with Crippen molar-refractivity contribution in [3.05, 3.63) is 47.5 Å². The summed E-state index contributed by atoms with van der Waals surface area (Å²) in [6.45, 7) is 28.5. The summed E-state index contributed by atoms with van der Waals surface area (Å²) in [6.07, 6.45) is 13.3. The number of carbonyl (C=O) groups is 5. The number of aliphatic hydroxyl groups excluding tert-OH is 5. The summed E-state index contributed by atoms with van der Waals surface area (Å²) in [5.74, 6) is 0.804. The second-order valence-electron chi connectivity index (χ2n) is 32.6. The molecule has 548 valence electrons. The minimum atomic E-state index is -0.879. The van der Waals surface area contributed by atoms with Gasteiger partial charge in [0.2, 0.25) is 17.7 Å². The summed E-state index contributed by atoms with van der Waals surface area (Å²) in [4.78, 5) is 102. The van der Waals surface area contributed by atoms with Crippen molar-refractivity contribution in [2.45, 2.75) is 217 Å². The Labute approximate surface area is 583 Å². The number of carbonyl (C=O) groups excluding carboxylic acids is 5. The van der Waals surface area contributed by atoms with Crippen LogP contribution in [0.15, 0.2) is 82.4 Å². The van der Waals surface area contributed by atoms with Crippen LogP contribution in [0.3, 0.4) is 0 Å². The maximum atomic E-state index is 12.5. The van der Waals surface area contributed by atoms with Crippen molar-refractivity contribution in [2.75, 3.05) is 33.7 Å². The predicted molar refractivity (Wildman–Crippen MR) is 376 cm³/mol. The fourth-order valence-electron chi connectivity index (χ4n) is 15.7. The maximum Gasteiger partial charge on any atom is 0.256 e. The molecule has 18 N–H and O–H groups in total. The number of aliphatic hydroxyl groups is 5. The molecule has 0 spiro atoms. The number of hydrogen-bond acceptors (Lipinski definition) is 28. The topological polar surface area (TPSA) is 455 Å². The van der Waals surface area contributed by atoms with Gasteiger partial charge in [0.15, 0.2) is 42.3 Å². The third-order valence-electron chi connectivity index (χ3n) is 21.4. The average molecular weight is 1390 g/mol. The highest BCUT2D eigenvalue weighted by atomic mass is 16.3. The minimum absolute atomic E-state index is 0.0120. The van der Waals surface area contributed by atoms with Gasteiger partial charge in [-0.2, -0.15) is 0 Å². The molecule has 33 heteroatoms. The van der Waals surface area contributed by atoms with Gasteiger partial charge in [-0.05, 0) is 142 Å². The van der Waals surface area contributed by atoms with Crippen LogP contribution in [0, 0.1) is 47.3 Å². The van der Waals surface area contributed by atoms with Crippen LogP contribution in [0.4, 0.5) is 0 Å². The van der Waals surface area contributed by atoms with Crippen molar-refractivity contribution in [1.29, 1.82) is 0 Å². The SMILES string of the molecule is CC(C)(C)N1C=C(CNC2C(O)C(O)C3CC32)C2C(=O)NC(N)=NC21.CC(C)(C)N1C=C(CNC2C=CC(O)C2O)C2C(=O)NC(N)=NC21.CC(C)(C)N1C=NC2C(=O)NC=NC21.CC1C(O)C2CC2C1NCC1=CN(C)C2N=C(N)NC(=O)C12.CN1C=NC2C(N=CN2C(C)(C)C)C1=O. The van der Waals surface area contributed by atoms with Crippen molar-refractivity contribution in [3.63, 3.8) is 0 Å². The van der Waals surface area contributed by atoms with E-state index in [9.17, 15) is 49.5 Å². The van der Waals surface area contributed by atoms with Gasteiger partial charge in [0.1, 0.15) is 42.4 Å². The third-order valence-corrected chi connectivity index (χ3v) is 21.4. The Kier molecular flexibility index (Phi) is 20.1. The van der Waals surface area contributed by atoms with E-state index in [1.165, 1.54) is 11.2 Å². The zero-order chi connectivity index (χ0) is 72.9. The lowest BCUT2D eigenvalue weighted by atomic mass is 9.95. The van der Waals surface area contributed by atoms with Crippen molar-refractivity contribution >= 4 is 72.8 Å². The Morgan fingerprint density at radius 2 is 0.920 bits per heavy atom. The second-order valence-corrected chi connectivity index (χ2v) is 32.6. The number of hydrogen-bond donors (Lipinski definition) is 15. The van der Waals surface area contributed by atoms with Gasteiger partial charge in [-0.3, -0.25) is 49.9 Å². The predicted octanol–water partition coefficient (Wildman–Crippen LogP) is -3.57.